The van der Waals surface area contributed by atoms with Crippen LogP contribution in [0.2, 0.25) is 0 Å². The first-order valence-electron chi connectivity index (χ1n) is 13.6. The number of ether oxygens (including phenoxy) is 1. The number of nitrogens with one attached hydrogen (secondary N) is 4. The fraction of sp³-hybridized carbons (Fsp3) is 0.323. The summed E-state index contributed by atoms with van der Waals surface area (Å²) in [5.74, 6) is -0.147. The number of aromatic amines is 1. The lowest BCUT2D eigenvalue weighted by molar-refractivity contribution is -0.123. The maximum absolute atomic E-state index is 14.1. The van der Waals surface area contributed by atoms with Gasteiger partial charge in [0.1, 0.15) is 11.8 Å². The second-order valence-corrected chi connectivity index (χ2v) is 10.4. The van der Waals surface area contributed by atoms with Crippen molar-refractivity contribution in [3.05, 3.63) is 90.1 Å². The van der Waals surface area contributed by atoms with E-state index in [0.29, 0.717) is 24.4 Å². The molecule has 208 valence electrons. The Morgan fingerprint density at radius 3 is 2.60 bits per heavy atom. The average Bonchev–Trinajstić information content (AvgIpc) is 3.39. The van der Waals surface area contributed by atoms with Gasteiger partial charge in [-0.15, -0.1) is 0 Å². The SMILES string of the molecule is COc1ccc(NC(=O)N[C@H](Cc2c[nH]c3ccccc23)C(=O)NCC2(c3ccnc(F)c3)CCCCC2)cc1. The zero-order valence-corrected chi connectivity index (χ0v) is 22.5. The predicted molar refractivity (Wildman–Crippen MR) is 153 cm³/mol. The van der Waals surface area contributed by atoms with Crippen LogP contribution < -0.4 is 20.7 Å². The number of hydrogen-bond acceptors (Lipinski definition) is 4. The number of hydrogen-bond donors (Lipinski definition) is 4. The molecule has 5 rings (SSSR count). The first-order chi connectivity index (χ1) is 19.5. The number of para-hydroxylation sites is 1. The number of pyridine rings is 1. The molecule has 1 atom stereocenters. The molecule has 2 aromatic carbocycles. The summed E-state index contributed by atoms with van der Waals surface area (Å²) in [5.41, 5.74) is 2.92. The highest BCUT2D eigenvalue weighted by molar-refractivity contribution is 5.94. The molecule has 0 saturated heterocycles. The lowest BCUT2D eigenvalue weighted by Crippen LogP contribution is -2.52. The molecule has 1 saturated carbocycles. The Morgan fingerprint density at radius 2 is 1.85 bits per heavy atom. The minimum Gasteiger partial charge on any atom is -0.497 e. The van der Waals surface area contributed by atoms with Crippen LogP contribution in [0, 0.1) is 5.95 Å². The lowest BCUT2D eigenvalue weighted by atomic mass is 9.69. The van der Waals surface area contributed by atoms with Crippen molar-refractivity contribution < 1.29 is 18.7 Å². The van der Waals surface area contributed by atoms with Gasteiger partial charge in [0.15, 0.2) is 0 Å². The summed E-state index contributed by atoms with van der Waals surface area (Å²) in [6, 6.07) is 16.8. The largest absolute Gasteiger partial charge is 0.497 e. The number of fused-ring (bicyclic) bond motifs is 1. The Morgan fingerprint density at radius 1 is 1.07 bits per heavy atom. The van der Waals surface area contributed by atoms with Gasteiger partial charge in [-0.3, -0.25) is 4.79 Å². The van der Waals surface area contributed by atoms with Gasteiger partial charge in [-0.2, -0.15) is 4.39 Å². The minimum atomic E-state index is -0.840. The number of urea groups is 1. The molecule has 0 spiro atoms. The van der Waals surface area contributed by atoms with Crippen molar-refractivity contribution in [2.24, 2.45) is 0 Å². The summed E-state index contributed by atoms with van der Waals surface area (Å²) in [6.07, 6.45) is 8.44. The Kier molecular flexibility index (Phi) is 8.28. The Labute approximate surface area is 232 Å². The van der Waals surface area contributed by atoms with Crippen LogP contribution in [0.3, 0.4) is 0 Å². The van der Waals surface area contributed by atoms with Gasteiger partial charge in [-0.1, -0.05) is 37.5 Å². The zero-order chi connectivity index (χ0) is 28.0. The second-order valence-electron chi connectivity index (χ2n) is 10.4. The van der Waals surface area contributed by atoms with Crippen LogP contribution in [-0.2, 0) is 16.6 Å². The van der Waals surface area contributed by atoms with Gasteiger partial charge in [-0.25, -0.2) is 9.78 Å². The molecule has 0 unspecified atom stereocenters. The third-order valence-corrected chi connectivity index (χ3v) is 7.82. The van der Waals surface area contributed by atoms with Crippen molar-refractivity contribution in [3.8, 4) is 5.75 Å². The van der Waals surface area contributed by atoms with E-state index < -0.39 is 18.0 Å². The maximum atomic E-state index is 14.1. The first-order valence-corrected chi connectivity index (χ1v) is 13.6. The molecule has 1 fully saturated rings. The van der Waals surface area contributed by atoms with E-state index in [2.05, 4.69) is 25.9 Å². The number of nitrogens with zero attached hydrogens (tertiary/aromatic N) is 1. The van der Waals surface area contributed by atoms with Gasteiger partial charge >= 0.3 is 6.03 Å². The average molecular weight is 544 g/mol. The molecule has 40 heavy (non-hydrogen) atoms. The van der Waals surface area contributed by atoms with Crippen molar-refractivity contribution >= 4 is 28.5 Å². The highest BCUT2D eigenvalue weighted by Crippen LogP contribution is 2.39. The fourth-order valence-corrected chi connectivity index (χ4v) is 5.64. The van der Waals surface area contributed by atoms with E-state index in [1.807, 2.05) is 36.5 Å². The van der Waals surface area contributed by atoms with Crippen molar-refractivity contribution in [2.75, 3.05) is 19.0 Å². The van der Waals surface area contributed by atoms with Crippen LogP contribution >= 0.6 is 0 Å². The van der Waals surface area contributed by atoms with Crippen LogP contribution in [0.1, 0.15) is 43.2 Å². The number of halogens is 1. The molecule has 0 bridgehead atoms. The molecular weight excluding hydrogens is 509 g/mol. The van der Waals surface area contributed by atoms with Gasteiger partial charge in [0.25, 0.3) is 0 Å². The lowest BCUT2D eigenvalue weighted by Gasteiger charge is -2.38. The quantitative estimate of drug-likeness (QED) is 0.210. The molecule has 9 heteroatoms. The van der Waals surface area contributed by atoms with Crippen LogP contribution in [0.4, 0.5) is 14.9 Å². The number of H-pyrrole nitrogens is 1. The van der Waals surface area contributed by atoms with Crippen molar-refractivity contribution in [3.63, 3.8) is 0 Å². The highest BCUT2D eigenvalue weighted by atomic mass is 19.1. The van der Waals surface area contributed by atoms with Gasteiger partial charge in [0.2, 0.25) is 11.9 Å². The molecule has 0 aliphatic heterocycles. The molecule has 8 nitrogen and oxygen atoms in total. The van der Waals surface area contributed by atoms with Gasteiger partial charge in [-0.05, 0) is 66.4 Å². The monoisotopic (exact) mass is 543 g/mol. The van der Waals surface area contributed by atoms with Crippen molar-refractivity contribution in [2.45, 2.75) is 50.0 Å². The molecule has 0 radical (unpaired) electrons. The summed E-state index contributed by atoms with van der Waals surface area (Å²) in [5, 5.41) is 9.77. The normalized spacial score (nSPS) is 15.2. The fourth-order valence-electron chi connectivity index (χ4n) is 5.64. The number of carbonyl (C=O) groups excluding carboxylic acids is 2. The molecule has 4 aromatic rings. The van der Waals surface area contributed by atoms with Crippen LogP contribution in [0.15, 0.2) is 73.1 Å². The smallest absolute Gasteiger partial charge is 0.319 e. The number of carbonyl (C=O) groups is 2. The Balaban J connectivity index is 1.35. The second kappa shape index (κ2) is 12.2. The number of amides is 3. The summed E-state index contributed by atoms with van der Waals surface area (Å²) in [4.78, 5) is 33.7. The number of methoxy groups -OCH3 is 1. The highest BCUT2D eigenvalue weighted by Gasteiger charge is 2.35. The van der Waals surface area contributed by atoms with Gasteiger partial charge in [0.05, 0.1) is 7.11 Å². The Bertz CT molecular complexity index is 1460. The summed E-state index contributed by atoms with van der Waals surface area (Å²) >= 11 is 0. The topological polar surface area (TPSA) is 108 Å². The molecular formula is C31H34FN5O3. The summed E-state index contributed by atoms with van der Waals surface area (Å²) in [7, 11) is 1.58. The molecule has 2 heterocycles. The van der Waals surface area contributed by atoms with Gasteiger partial charge < -0.3 is 25.7 Å². The number of rotatable bonds is 9. The van der Waals surface area contributed by atoms with Gasteiger partial charge in [0, 0.05) is 47.4 Å². The Hall–Kier alpha value is -4.40. The van der Waals surface area contributed by atoms with Crippen molar-refractivity contribution in [1.29, 1.82) is 0 Å². The van der Waals surface area contributed by atoms with E-state index in [-0.39, 0.29) is 11.3 Å². The molecule has 4 N–H and O–H groups in total. The van der Waals surface area contributed by atoms with Crippen LogP contribution in [0.25, 0.3) is 10.9 Å². The minimum absolute atomic E-state index is 0.294. The summed E-state index contributed by atoms with van der Waals surface area (Å²) in [6.45, 7) is 0.349. The maximum Gasteiger partial charge on any atom is 0.319 e. The molecule has 1 aliphatic rings. The van der Waals surface area contributed by atoms with E-state index in [9.17, 15) is 14.0 Å². The van der Waals surface area contributed by atoms with E-state index in [1.54, 1.807) is 31.4 Å². The number of benzene rings is 2. The third kappa shape index (κ3) is 6.25. The van der Waals surface area contributed by atoms with E-state index in [0.717, 1.165) is 54.1 Å². The van der Waals surface area contributed by atoms with Crippen LogP contribution in [-0.4, -0.2) is 41.6 Å². The van der Waals surface area contributed by atoms with Crippen molar-refractivity contribution in [1.82, 2.24) is 20.6 Å². The molecule has 1 aliphatic carbocycles. The van der Waals surface area contributed by atoms with E-state index in [4.69, 9.17) is 4.74 Å². The van der Waals surface area contributed by atoms with E-state index >= 15 is 0 Å². The molecule has 3 amide bonds. The van der Waals surface area contributed by atoms with E-state index in [1.165, 1.54) is 12.3 Å². The first kappa shape index (κ1) is 27.2. The predicted octanol–water partition coefficient (Wildman–Crippen LogP) is 5.46. The summed E-state index contributed by atoms with van der Waals surface area (Å²) < 4.78 is 19.2. The molecule has 2 aromatic heterocycles. The zero-order valence-electron chi connectivity index (χ0n) is 22.5. The standard InChI is InChI=1S/C31H34FN5O3/c1-40-24-11-9-23(10-12-24)36-30(39)37-27(17-21-19-34-26-8-4-3-7-25(21)26)29(38)35-20-31(14-5-2-6-15-31)22-13-16-33-28(32)18-22/h3-4,7-13,16,18-19,27,34H,2,5-6,14-15,17,20H2,1H3,(H,35,38)(H2,36,37,39)/t27-/m1/s1. The third-order valence-electron chi connectivity index (χ3n) is 7.82. The number of aromatic nitrogens is 2. The van der Waals surface area contributed by atoms with Crippen LogP contribution in [0.5, 0.6) is 5.75 Å². The number of anilines is 1.